The Hall–Kier alpha value is -2.57. The lowest BCUT2D eigenvalue weighted by Gasteiger charge is -2.33. The van der Waals surface area contributed by atoms with E-state index in [4.69, 9.17) is 15.2 Å². The van der Waals surface area contributed by atoms with Crippen molar-refractivity contribution in [3.63, 3.8) is 0 Å². The maximum absolute atomic E-state index is 6.01. The molecule has 0 spiro atoms. The predicted octanol–water partition coefficient (Wildman–Crippen LogP) is 2.13. The van der Waals surface area contributed by atoms with Crippen LogP contribution < -0.4 is 20.1 Å². The summed E-state index contributed by atoms with van der Waals surface area (Å²) in [5, 5.41) is 0. The standard InChI is InChI=1S/C17H23N5O2/c1-11-16(18)20-12(2)21-17(11)22-8-6-13(7-9-22)24-14-4-5-15(23-3)19-10-14/h4-5,10,13H,6-9H2,1-3H3,(H2,18,20,21). The zero-order chi connectivity index (χ0) is 17.1. The molecular weight excluding hydrogens is 306 g/mol. The van der Waals surface area contributed by atoms with Crippen LogP contribution in [0.15, 0.2) is 18.3 Å². The van der Waals surface area contributed by atoms with Gasteiger partial charge in [0.1, 0.15) is 29.3 Å². The molecule has 0 radical (unpaired) electrons. The van der Waals surface area contributed by atoms with Crippen molar-refractivity contribution in [2.75, 3.05) is 30.8 Å². The zero-order valence-electron chi connectivity index (χ0n) is 14.3. The van der Waals surface area contributed by atoms with Gasteiger partial charge in [0.2, 0.25) is 5.88 Å². The topological polar surface area (TPSA) is 86.4 Å². The summed E-state index contributed by atoms with van der Waals surface area (Å²) in [5.41, 5.74) is 6.91. The van der Waals surface area contributed by atoms with E-state index in [1.807, 2.05) is 19.9 Å². The Morgan fingerprint density at radius 2 is 1.92 bits per heavy atom. The van der Waals surface area contributed by atoms with Crippen molar-refractivity contribution in [3.8, 4) is 11.6 Å². The van der Waals surface area contributed by atoms with Crippen LogP contribution in [-0.4, -0.2) is 41.3 Å². The third-order valence-electron chi connectivity index (χ3n) is 4.23. The second-order valence-corrected chi connectivity index (χ2v) is 5.95. The summed E-state index contributed by atoms with van der Waals surface area (Å²) in [6.07, 6.45) is 3.73. The van der Waals surface area contributed by atoms with Gasteiger partial charge in [-0.25, -0.2) is 15.0 Å². The summed E-state index contributed by atoms with van der Waals surface area (Å²) in [4.78, 5) is 15.2. The van der Waals surface area contributed by atoms with Gasteiger partial charge in [-0.05, 0) is 19.9 Å². The summed E-state index contributed by atoms with van der Waals surface area (Å²) in [7, 11) is 1.60. The van der Waals surface area contributed by atoms with E-state index in [9.17, 15) is 0 Å². The molecule has 1 saturated heterocycles. The van der Waals surface area contributed by atoms with Gasteiger partial charge in [-0.15, -0.1) is 0 Å². The quantitative estimate of drug-likeness (QED) is 0.919. The summed E-state index contributed by atoms with van der Waals surface area (Å²) in [5.74, 6) is 3.55. The van der Waals surface area contributed by atoms with Crippen molar-refractivity contribution in [2.24, 2.45) is 0 Å². The Morgan fingerprint density at radius 1 is 1.17 bits per heavy atom. The maximum Gasteiger partial charge on any atom is 0.213 e. The molecule has 1 aliphatic rings. The maximum atomic E-state index is 6.01. The molecule has 0 saturated carbocycles. The molecule has 7 nitrogen and oxygen atoms in total. The fourth-order valence-corrected chi connectivity index (χ4v) is 2.88. The third kappa shape index (κ3) is 3.50. The first kappa shape index (κ1) is 16.3. The molecule has 0 atom stereocenters. The Bertz CT molecular complexity index is 697. The molecular formula is C17H23N5O2. The van der Waals surface area contributed by atoms with Crippen molar-refractivity contribution in [2.45, 2.75) is 32.8 Å². The van der Waals surface area contributed by atoms with Crippen LogP contribution in [0.25, 0.3) is 0 Å². The molecule has 24 heavy (non-hydrogen) atoms. The molecule has 2 N–H and O–H groups in total. The van der Waals surface area contributed by atoms with Crippen LogP contribution in [0.5, 0.6) is 11.6 Å². The van der Waals surface area contributed by atoms with Crippen LogP contribution in [-0.2, 0) is 0 Å². The monoisotopic (exact) mass is 329 g/mol. The number of nitrogens with zero attached hydrogens (tertiary/aromatic N) is 4. The van der Waals surface area contributed by atoms with Gasteiger partial charge < -0.3 is 20.1 Å². The van der Waals surface area contributed by atoms with E-state index in [2.05, 4.69) is 19.9 Å². The zero-order valence-corrected chi connectivity index (χ0v) is 14.3. The molecule has 0 aliphatic carbocycles. The van der Waals surface area contributed by atoms with Gasteiger partial charge in [-0.3, -0.25) is 0 Å². The Labute approximate surface area is 141 Å². The second-order valence-electron chi connectivity index (χ2n) is 5.95. The van der Waals surface area contributed by atoms with Crippen LogP contribution in [0.4, 0.5) is 11.6 Å². The van der Waals surface area contributed by atoms with Gasteiger partial charge in [-0.1, -0.05) is 0 Å². The Balaban J connectivity index is 1.61. The highest BCUT2D eigenvalue weighted by atomic mass is 16.5. The average Bonchev–Trinajstić information content (AvgIpc) is 2.59. The lowest BCUT2D eigenvalue weighted by molar-refractivity contribution is 0.169. The SMILES string of the molecule is COc1ccc(OC2CCN(c3nc(C)nc(N)c3C)CC2)cn1. The highest BCUT2D eigenvalue weighted by Gasteiger charge is 2.23. The van der Waals surface area contributed by atoms with E-state index in [1.165, 1.54) is 0 Å². The minimum absolute atomic E-state index is 0.178. The van der Waals surface area contributed by atoms with Gasteiger partial charge in [0.05, 0.1) is 13.3 Å². The number of pyridine rings is 1. The lowest BCUT2D eigenvalue weighted by atomic mass is 10.1. The van der Waals surface area contributed by atoms with E-state index in [0.29, 0.717) is 17.5 Å². The van der Waals surface area contributed by atoms with Crippen molar-refractivity contribution >= 4 is 11.6 Å². The summed E-state index contributed by atoms with van der Waals surface area (Å²) in [6, 6.07) is 3.69. The number of nitrogens with two attached hydrogens (primary N) is 1. The molecule has 2 aromatic heterocycles. The Kier molecular flexibility index (Phi) is 4.69. The molecule has 1 aliphatic heterocycles. The number of piperidine rings is 1. The van der Waals surface area contributed by atoms with Gasteiger partial charge in [0.25, 0.3) is 0 Å². The van der Waals surface area contributed by atoms with Crippen LogP contribution >= 0.6 is 0 Å². The first-order valence-corrected chi connectivity index (χ1v) is 8.09. The van der Waals surface area contributed by atoms with Crippen LogP contribution in [0, 0.1) is 13.8 Å². The normalized spacial score (nSPS) is 15.4. The molecule has 7 heteroatoms. The summed E-state index contributed by atoms with van der Waals surface area (Å²) in [6.45, 7) is 5.59. The fourth-order valence-electron chi connectivity index (χ4n) is 2.88. The number of methoxy groups -OCH3 is 1. The molecule has 1 fully saturated rings. The van der Waals surface area contributed by atoms with E-state index in [1.54, 1.807) is 19.4 Å². The molecule has 3 heterocycles. The van der Waals surface area contributed by atoms with Crippen molar-refractivity contribution in [1.82, 2.24) is 15.0 Å². The number of ether oxygens (including phenoxy) is 2. The number of aromatic nitrogens is 3. The van der Waals surface area contributed by atoms with Gasteiger partial charge in [0, 0.05) is 37.6 Å². The predicted molar refractivity (Wildman–Crippen MR) is 92.6 cm³/mol. The molecule has 2 aromatic rings. The number of anilines is 2. The number of aryl methyl sites for hydroxylation is 1. The van der Waals surface area contributed by atoms with E-state index in [-0.39, 0.29) is 6.10 Å². The smallest absolute Gasteiger partial charge is 0.213 e. The fraction of sp³-hybridized carbons (Fsp3) is 0.471. The third-order valence-corrected chi connectivity index (χ3v) is 4.23. The largest absolute Gasteiger partial charge is 0.489 e. The summed E-state index contributed by atoms with van der Waals surface area (Å²) >= 11 is 0. The first-order valence-electron chi connectivity index (χ1n) is 8.09. The molecule has 3 rings (SSSR count). The first-order chi connectivity index (χ1) is 11.6. The average molecular weight is 329 g/mol. The number of rotatable bonds is 4. The van der Waals surface area contributed by atoms with E-state index < -0.39 is 0 Å². The molecule has 0 unspecified atom stereocenters. The summed E-state index contributed by atoms with van der Waals surface area (Å²) < 4.78 is 11.1. The lowest BCUT2D eigenvalue weighted by Crippen LogP contribution is -2.39. The van der Waals surface area contributed by atoms with Crippen molar-refractivity contribution < 1.29 is 9.47 Å². The highest BCUT2D eigenvalue weighted by Crippen LogP contribution is 2.26. The van der Waals surface area contributed by atoms with Gasteiger partial charge in [0.15, 0.2) is 0 Å². The van der Waals surface area contributed by atoms with Gasteiger partial charge in [-0.2, -0.15) is 0 Å². The minimum Gasteiger partial charge on any atom is -0.489 e. The van der Waals surface area contributed by atoms with Crippen molar-refractivity contribution in [3.05, 3.63) is 29.7 Å². The molecule has 0 bridgehead atoms. The molecule has 128 valence electrons. The Morgan fingerprint density at radius 3 is 2.54 bits per heavy atom. The van der Waals surface area contributed by atoms with Crippen LogP contribution in [0.3, 0.4) is 0 Å². The van der Waals surface area contributed by atoms with E-state index in [0.717, 1.165) is 43.1 Å². The second kappa shape index (κ2) is 6.90. The molecule has 0 aromatic carbocycles. The number of nitrogen functional groups attached to an aromatic ring is 1. The minimum atomic E-state index is 0.178. The van der Waals surface area contributed by atoms with Crippen LogP contribution in [0.1, 0.15) is 24.2 Å². The molecule has 0 amide bonds. The number of hydrogen-bond acceptors (Lipinski definition) is 7. The van der Waals surface area contributed by atoms with Crippen molar-refractivity contribution in [1.29, 1.82) is 0 Å². The van der Waals surface area contributed by atoms with Crippen LogP contribution in [0.2, 0.25) is 0 Å². The van der Waals surface area contributed by atoms with Gasteiger partial charge >= 0.3 is 0 Å². The van der Waals surface area contributed by atoms with E-state index >= 15 is 0 Å². The highest BCUT2D eigenvalue weighted by molar-refractivity contribution is 5.56. The number of hydrogen-bond donors (Lipinski definition) is 1.